The van der Waals surface area contributed by atoms with E-state index in [1.165, 1.54) is 6.07 Å². The lowest BCUT2D eigenvalue weighted by atomic mass is 10.1. The summed E-state index contributed by atoms with van der Waals surface area (Å²) in [5.74, 6) is -1.40. The zero-order valence-electron chi connectivity index (χ0n) is 11.1. The third kappa shape index (κ3) is 3.59. The van der Waals surface area contributed by atoms with Crippen molar-refractivity contribution in [3.63, 3.8) is 0 Å². The largest absolute Gasteiger partial charge is 0.387 e. The van der Waals surface area contributed by atoms with Gasteiger partial charge < -0.3 is 10.4 Å². The first-order valence-corrected chi connectivity index (χ1v) is 6.34. The standard InChI is InChI=1S/C15H16F2N2O/c1-10(11-4-6-18-7-5-11)19-9-15(20)13-3-2-12(16)8-14(13)17/h2-8,10,15,19-20H,9H2,1H3/t10-,15?/m0/s1. The van der Waals surface area contributed by atoms with E-state index >= 15 is 0 Å². The molecule has 106 valence electrons. The molecule has 0 fully saturated rings. The zero-order chi connectivity index (χ0) is 14.5. The van der Waals surface area contributed by atoms with Crippen molar-refractivity contribution < 1.29 is 13.9 Å². The SMILES string of the molecule is C[C@H](NCC(O)c1ccc(F)cc1F)c1ccncc1. The van der Waals surface area contributed by atoms with Crippen molar-refractivity contribution in [1.29, 1.82) is 0 Å². The number of pyridine rings is 1. The molecule has 0 saturated carbocycles. The van der Waals surface area contributed by atoms with Crippen molar-refractivity contribution in [2.45, 2.75) is 19.1 Å². The maximum atomic E-state index is 13.5. The van der Waals surface area contributed by atoms with Gasteiger partial charge in [-0.25, -0.2) is 8.78 Å². The van der Waals surface area contributed by atoms with Gasteiger partial charge in [-0.2, -0.15) is 0 Å². The smallest absolute Gasteiger partial charge is 0.131 e. The minimum atomic E-state index is -1.03. The van der Waals surface area contributed by atoms with Crippen LogP contribution in [-0.2, 0) is 0 Å². The number of aromatic nitrogens is 1. The highest BCUT2D eigenvalue weighted by Crippen LogP contribution is 2.19. The van der Waals surface area contributed by atoms with E-state index in [1.807, 2.05) is 19.1 Å². The van der Waals surface area contributed by atoms with Crippen molar-refractivity contribution in [3.05, 3.63) is 65.5 Å². The number of hydrogen-bond acceptors (Lipinski definition) is 3. The predicted molar refractivity (Wildman–Crippen MR) is 72.0 cm³/mol. The Labute approximate surface area is 116 Å². The Balaban J connectivity index is 1.96. The number of rotatable bonds is 5. The average Bonchev–Trinajstić information content (AvgIpc) is 2.45. The molecule has 3 nitrogen and oxygen atoms in total. The molecular formula is C15H16F2N2O. The summed E-state index contributed by atoms with van der Waals surface area (Å²) in [5.41, 5.74) is 1.10. The fraction of sp³-hybridized carbons (Fsp3) is 0.267. The highest BCUT2D eigenvalue weighted by molar-refractivity contribution is 5.21. The van der Waals surface area contributed by atoms with E-state index in [1.54, 1.807) is 12.4 Å². The molecule has 2 rings (SSSR count). The molecular weight excluding hydrogens is 262 g/mol. The Kier molecular flexibility index (Phi) is 4.76. The van der Waals surface area contributed by atoms with Crippen LogP contribution in [0.5, 0.6) is 0 Å². The Morgan fingerprint density at radius 3 is 2.55 bits per heavy atom. The lowest BCUT2D eigenvalue weighted by Crippen LogP contribution is -2.25. The molecule has 0 bridgehead atoms. The zero-order valence-corrected chi connectivity index (χ0v) is 11.1. The molecule has 1 heterocycles. The summed E-state index contributed by atoms with van der Waals surface area (Å²) in [7, 11) is 0. The molecule has 1 aromatic carbocycles. The average molecular weight is 278 g/mol. The molecule has 0 radical (unpaired) electrons. The Morgan fingerprint density at radius 1 is 1.20 bits per heavy atom. The maximum Gasteiger partial charge on any atom is 0.131 e. The third-order valence-electron chi connectivity index (χ3n) is 3.14. The predicted octanol–water partition coefficient (Wildman–Crippen LogP) is 2.74. The van der Waals surface area contributed by atoms with Crippen molar-refractivity contribution in [2.24, 2.45) is 0 Å². The minimum absolute atomic E-state index is 0.00356. The van der Waals surface area contributed by atoms with E-state index in [0.717, 1.165) is 17.7 Å². The van der Waals surface area contributed by atoms with E-state index < -0.39 is 17.7 Å². The molecule has 0 aliphatic heterocycles. The van der Waals surface area contributed by atoms with Gasteiger partial charge in [-0.1, -0.05) is 6.07 Å². The number of nitrogens with zero attached hydrogens (tertiary/aromatic N) is 1. The molecule has 20 heavy (non-hydrogen) atoms. The van der Waals surface area contributed by atoms with Gasteiger partial charge in [0.25, 0.3) is 0 Å². The van der Waals surface area contributed by atoms with Crippen LogP contribution >= 0.6 is 0 Å². The van der Waals surface area contributed by atoms with Crippen LogP contribution in [0.3, 0.4) is 0 Å². The van der Waals surface area contributed by atoms with Crippen LogP contribution in [0.1, 0.15) is 30.2 Å². The molecule has 0 saturated heterocycles. The van der Waals surface area contributed by atoms with Crippen LogP contribution in [-0.4, -0.2) is 16.6 Å². The van der Waals surface area contributed by atoms with Crippen LogP contribution in [0.4, 0.5) is 8.78 Å². The normalized spacial score (nSPS) is 14.0. The Morgan fingerprint density at radius 2 is 1.90 bits per heavy atom. The maximum absolute atomic E-state index is 13.5. The van der Waals surface area contributed by atoms with E-state index in [-0.39, 0.29) is 18.2 Å². The number of nitrogens with one attached hydrogen (secondary N) is 1. The van der Waals surface area contributed by atoms with Gasteiger partial charge in [0, 0.05) is 36.6 Å². The van der Waals surface area contributed by atoms with Gasteiger partial charge in [-0.05, 0) is 30.7 Å². The van der Waals surface area contributed by atoms with E-state index in [4.69, 9.17) is 0 Å². The summed E-state index contributed by atoms with van der Waals surface area (Å²) in [4.78, 5) is 3.93. The number of hydrogen-bond donors (Lipinski definition) is 2. The summed E-state index contributed by atoms with van der Waals surface area (Å²) in [6.45, 7) is 2.11. The Hall–Kier alpha value is -1.85. The van der Waals surface area contributed by atoms with Gasteiger partial charge in [0.1, 0.15) is 11.6 Å². The highest BCUT2D eigenvalue weighted by atomic mass is 19.1. The molecule has 0 aliphatic carbocycles. The van der Waals surface area contributed by atoms with Crippen molar-refractivity contribution in [3.8, 4) is 0 Å². The first-order valence-electron chi connectivity index (χ1n) is 6.34. The second-order valence-electron chi connectivity index (χ2n) is 4.59. The summed E-state index contributed by atoms with van der Waals surface area (Å²) in [6, 6.07) is 6.88. The van der Waals surface area contributed by atoms with Crippen molar-refractivity contribution in [1.82, 2.24) is 10.3 Å². The van der Waals surface area contributed by atoms with Crippen LogP contribution in [0.15, 0.2) is 42.7 Å². The van der Waals surface area contributed by atoms with Crippen LogP contribution in [0.25, 0.3) is 0 Å². The van der Waals surface area contributed by atoms with E-state index in [9.17, 15) is 13.9 Å². The topological polar surface area (TPSA) is 45.1 Å². The number of benzene rings is 1. The van der Waals surface area contributed by atoms with Crippen molar-refractivity contribution >= 4 is 0 Å². The fourth-order valence-electron chi connectivity index (χ4n) is 1.94. The number of aliphatic hydroxyl groups excluding tert-OH is 1. The molecule has 5 heteroatoms. The molecule has 2 aromatic rings. The summed E-state index contributed by atoms with van der Waals surface area (Å²) in [5, 5.41) is 13.1. The first kappa shape index (κ1) is 14.6. The van der Waals surface area contributed by atoms with Gasteiger partial charge in [0.05, 0.1) is 6.10 Å². The molecule has 0 aliphatic rings. The molecule has 1 unspecified atom stereocenters. The summed E-state index contributed by atoms with van der Waals surface area (Å²) in [6.07, 6.45) is 2.34. The molecule has 2 atom stereocenters. The minimum Gasteiger partial charge on any atom is -0.387 e. The van der Waals surface area contributed by atoms with Gasteiger partial charge >= 0.3 is 0 Å². The quantitative estimate of drug-likeness (QED) is 0.884. The van der Waals surface area contributed by atoms with Crippen LogP contribution in [0.2, 0.25) is 0 Å². The van der Waals surface area contributed by atoms with Gasteiger partial charge in [0.15, 0.2) is 0 Å². The second-order valence-corrected chi connectivity index (χ2v) is 4.59. The monoisotopic (exact) mass is 278 g/mol. The Bertz CT molecular complexity index is 563. The second kappa shape index (κ2) is 6.54. The first-order chi connectivity index (χ1) is 9.58. The van der Waals surface area contributed by atoms with Crippen molar-refractivity contribution in [2.75, 3.05) is 6.54 Å². The third-order valence-corrected chi connectivity index (χ3v) is 3.14. The lowest BCUT2D eigenvalue weighted by molar-refractivity contribution is 0.166. The van der Waals surface area contributed by atoms with Crippen LogP contribution in [0, 0.1) is 11.6 Å². The molecule has 2 N–H and O–H groups in total. The highest BCUT2D eigenvalue weighted by Gasteiger charge is 2.14. The number of aliphatic hydroxyl groups is 1. The van der Waals surface area contributed by atoms with E-state index in [2.05, 4.69) is 10.3 Å². The summed E-state index contributed by atoms with van der Waals surface area (Å²) >= 11 is 0. The van der Waals surface area contributed by atoms with E-state index in [0.29, 0.717) is 0 Å². The summed E-state index contributed by atoms with van der Waals surface area (Å²) < 4.78 is 26.3. The lowest BCUT2D eigenvalue weighted by Gasteiger charge is -2.18. The molecule has 0 amide bonds. The van der Waals surface area contributed by atoms with Gasteiger partial charge in [0.2, 0.25) is 0 Å². The molecule has 0 spiro atoms. The van der Waals surface area contributed by atoms with Gasteiger partial charge in [-0.15, -0.1) is 0 Å². The fourth-order valence-corrected chi connectivity index (χ4v) is 1.94. The number of halogens is 2. The molecule has 1 aromatic heterocycles. The van der Waals surface area contributed by atoms with Crippen LogP contribution < -0.4 is 5.32 Å². The van der Waals surface area contributed by atoms with Gasteiger partial charge in [-0.3, -0.25) is 4.98 Å².